The number of ether oxygens (including phenoxy) is 4. The fourth-order valence-corrected chi connectivity index (χ4v) is 13.8. The topological polar surface area (TPSA) is 111 Å². The van der Waals surface area contributed by atoms with E-state index in [1.54, 1.807) is 0 Å². The molecule has 0 heterocycles. The Morgan fingerprint density at radius 1 is 0.307 bits per heavy atom. The van der Waals surface area contributed by atoms with E-state index in [9.17, 15) is 19.5 Å². The lowest BCUT2D eigenvalue weighted by Crippen LogP contribution is -2.44. The molecule has 0 saturated heterocycles. The van der Waals surface area contributed by atoms with Crippen LogP contribution in [0.2, 0.25) is 0 Å². The van der Waals surface area contributed by atoms with E-state index in [-0.39, 0.29) is 32.2 Å². The van der Waals surface area contributed by atoms with Crippen molar-refractivity contribution in [3.8, 4) is 0 Å². The Morgan fingerprint density at radius 3 is 0.842 bits per heavy atom. The van der Waals surface area contributed by atoms with E-state index in [2.05, 4.69) is 62.5 Å². The Kier molecular flexibility index (Phi) is 80.6. The van der Waals surface area contributed by atoms with E-state index in [1.165, 1.54) is 372 Å². The number of allylic oxidation sites excluding steroid dienone is 8. The Balaban J connectivity index is 3.88. The van der Waals surface area contributed by atoms with Crippen molar-refractivity contribution in [2.75, 3.05) is 47.5 Å². The molecule has 0 aromatic rings. The Morgan fingerprint density at radius 2 is 0.564 bits per heavy atom. The first kappa shape index (κ1) is 98.2. The van der Waals surface area contributed by atoms with Gasteiger partial charge in [-0.2, -0.15) is 0 Å². The van der Waals surface area contributed by atoms with Crippen molar-refractivity contribution in [2.45, 2.75) is 476 Å². The molecule has 0 bridgehead atoms. The Hall–Kier alpha value is -2.75. The van der Waals surface area contributed by atoms with E-state index < -0.39 is 24.3 Å². The first-order valence-corrected chi connectivity index (χ1v) is 44.8. The number of hydrogen-bond acceptors (Lipinski definition) is 8. The number of carboxylic acids is 1. The van der Waals surface area contributed by atoms with Crippen LogP contribution in [0.3, 0.4) is 0 Å². The molecule has 0 aromatic heterocycles. The van der Waals surface area contributed by atoms with Crippen LogP contribution in [0.4, 0.5) is 0 Å². The third-order valence-electron chi connectivity index (χ3n) is 20.6. The first-order chi connectivity index (χ1) is 49.6. The van der Waals surface area contributed by atoms with Gasteiger partial charge in [0.05, 0.1) is 40.3 Å². The van der Waals surface area contributed by atoms with Gasteiger partial charge in [0.25, 0.3) is 0 Å². The van der Waals surface area contributed by atoms with Crippen LogP contribution in [0.1, 0.15) is 463 Å². The van der Waals surface area contributed by atoms with Crippen molar-refractivity contribution >= 4 is 17.9 Å². The van der Waals surface area contributed by atoms with Crippen LogP contribution in [-0.2, 0) is 33.3 Å². The van der Waals surface area contributed by atoms with Gasteiger partial charge in [-0.25, -0.2) is 0 Å². The number of quaternary nitrogens is 1. The minimum absolute atomic E-state index is 0.151. The maximum Gasteiger partial charge on any atom is 0.306 e. The van der Waals surface area contributed by atoms with Crippen molar-refractivity contribution in [3.05, 3.63) is 48.6 Å². The molecule has 9 heteroatoms. The van der Waals surface area contributed by atoms with Crippen LogP contribution in [-0.4, -0.2) is 82.3 Å². The number of unbranched alkanes of at least 4 members (excludes halogenated alkanes) is 62. The summed E-state index contributed by atoms with van der Waals surface area (Å²) in [5.74, 6) is -2.25. The normalized spacial score (nSPS) is 12.8. The second-order valence-corrected chi connectivity index (χ2v) is 31.9. The number of nitrogens with zero attached hydrogens (tertiary/aromatic N) is 1. The number of rotatable bonds is 85. The highest BCUT2D eigenvalue weighted by Crippen LogP contribution is 2.21. The molecule has 0 rings (SSSR count). The summed E-state index contributed by atoms with van der Waals surface area (Å²) in [5.41, 5.74) is 0. The molecule has 0 aliphatic rings. The predicted molar refractivity (Wildman–Crippen MR) is 436 cm³/mol. The summed E-state index contributed by atoms with van der Waals surface area (Å²) in [7, 11) is 5.96. The average molecular weight is 1420 g/mol. The van der Waals surface area contributed by atoms with Crippen molar-refractivity contribution in [1.29, 1.82) is 0 Å². The minimum atomic E-state index is -1.62. The van der Waals surface area contributed by atoms with Gasteiger partial charge in [0.15, 0.2) is 12.4 Å². The number of carboxylic acid groups (broad SMARTS) is 1. The van der Waals surface area contributed by atoms with Gasteiger partial charge >= 0.3 is 11.9 Å². The summed E-state index contributed by atoms with van der Waals surface area (Å²) < 4.78 is 22.9. The van der Waals surface area contributed by atoms with Gasteiger partial charge in [-0.05, 0) is 51.4 Å². The number of carbonyl (C=O) groups is 3. The van der Waals surface area contributed by atoms with Crippen molar-refractivity contribution in [3.63, 3.8) is 0 Å². The van der Waals surface area contributed by atoms with Gasteiger partial charge in [-0.1, -0.05) is 448 Å². The van der Waals surface area contributed by atoms with Gasteiger partial charge in [0, 0.05) is 12.8 Å². The van der Waals surface area contributed by atoms with Gasteiger partial charge in [0.1, 0.15) is 13.2 Å². The smallest absolute Gasteiger partial charge is 0.306 e. The lowest BCUT2D eigenvalue weighted by molar-refractivity contribution is -0.870. The molecule has 0 saturated carbocycles. The molecule has 9 nitrogen and oxygen atoms in total. The van der Waals surface area contributed by atoms with Crippen LogP contribution in [0.15, 0.2) is 48.6 Å². The molecule has 0 radical (unpaired) electrons. The predicted octanol–water partition coefficient (Wildman–Crippen LogP) is 27.8. The monoisotopic (exact) mass is 1420 g/mol. The van der Waals surface area contributed by atoms with Gasteiger partial charge in [-0.3, -0.25) is 9.59 Å². The lowest BCUT2D eigenvalue weighted by Gasteiger charge is -2.26. The zero-order chi connectivity index (χ0) is 73.2. The Bertz CT molecular complexity index is 1800. The molecular formula is C92H173NO8. The molecule has 2 unspecified atom stereocenters. The van der Waals surface area contributed by atoms with Gasteiger partial charge in [-0.15, -0.1) is 0 Å². The van der Waals surface area contributed by atoms with Crippen LogP contribution in [0, 0.1) is 0 Å². The molecule has 0 amide bonds. The van der Waals surface area contributed by atoms with E-state index in [1.807, 2.05) is 21.1 Å². The van der Waals surface area contributed by atoms with Crippen LogP contribution in [0.25, 0.3) is 0 Å². The maximum absolute atomic E-state index is 13.0. The summed E-state index contributed by atoms with van der Waals surface area (Å²) in [4.78, 5) is 37.7. The molecule has 0 spiro atoms. The lowest BCUT2D eigenvalue weighted by atomic mass is 10.0. The quantitative estimate of drug-likeness (QED) is 0.0195. The number of aliphatic carboxylic acids is 1. The molecular weight excluding hydrogens is 1250 g/mol. The highest BCUT2D eigenvalue weighted by molar-refractivity contribution is 5.70. The zero-order valence-corrected chi connectivity index (χ0v) is 68.3. The molecule has 0 N–H and O–H groups in total. The second-order valence-electron chi connectivity index (χ2n) is 31.9. The average Bonchev–Trinajstić information content (AvgIpc) is 1.25. The van der Waals surface area contributed by atoms with Crippen LogP contribution in [0.5, 0.6) is 0 Å². The van der Waals surface area contributed by atoms with E-state index in [4.69, 9.17) is 18.9 Å². The van der Waals surface area contributed by atoms with E-state index in [0.29, 0.717) is 17.4 Å². The van der Waals surface area contributed by atoms with Gasteiger partial charge < -0.3 is 33.3 Å². The summed E-state index contributed by atoms with van der Waals surface area (Å²) in [6, 6.07) is 0. The van der Waals surface area contributed by atoms with E-state index >= 15 is 0 Å². The largest absolute Gasteiger partial charge is 0.545 e. The van der Waals surface area contributed by atoms with Crippen molar-refractivity contribution in [2.24, 2.45) is 0 Å². The van der Waals surface area contributed by atoms with Crippen LogP contribution >= 0.6 is 0 Å². The molecule has 0 aliphatic carbocycles. The third-order valence-corrected chi connectivity index (χ3v) is 20.6. The molecule has 594 valence electrons. The number of esters is 2. The number of carbonyl (C=O) groups excluding carboxylic acids is 3. The first-order valence-electron chi connectivity index (χ1n) is 44.8. The van der Waals surface area contributed by atoms with Crippen molar-refractivity contribution < 1.29 is 42.9 Å². The fraction of sp³-hybridized carbons (Fsp3) is 0.880. The van der Waals surface area contributed by atoms with Gasteiger partial charge in [0.2, 0.25) is 0 Å². The maximum atomic E-state index is 13.0. The molecule has 0 fully saturated rings. The summed E-state index contributed by atoms with van der Waals surface area (Å²) in [6.07, 6.45) is 107. The summed E-state index contributed by atoms with van der Waals surface area (Å²) in [6.45, 7) is 4.73. The molecule has 2 atom stereocenters. The number of likely N-dealkylation sites (N-methyl/N-ethyl adjacent to an activating group) is 1. The SMILES string of the molecule is CC/C=C\C/C=C\C/C=C\C/C=C\CCCCCCCCCCCCCCCCCCCCCCCCC(=O)OC(COC(=O)CCCCCCCCCCCCCCCCCCCCCCCCCCCCCCCCCCCCCCCCCCC)COC(OCC[N+](C)(C)C)C(=O)[O-]. The summed E-state index contributed by atoms with van der Waals surface area (Å²) >= 11 is 0. The zero-order valence-electron chi connectivity index (χ0n) is 68.3. The molecule has 0 aromatic carbocycles. The van der Waals surface area contributed by atoms with Crippen LogP contribution < -0.4 is 5.11 Å². The minimum Gasteiger partial charge on any atom is -0.545 e. The van der Waals surface area contributed by atoms with Crippen molar-refractivity contribution in [1.82, 2.24) is 0 Å². The third kappa shape index (κ3) is 84.4. The molecule has 101 heavy (non-hydrogen) atoms. The highest BCUT2D eigenvalue weighted by Gasteiger charge is 2.22. The number of hydrogen-bond donors (Lipinski definition) is 0. The standard InChI is InChI=1S/C92H173NO8/c1-6-8-10-12-14-16-18-20-22-24-26-28-30-32-34-36-38-40-42-43-44-45-46-47-49-50-52-54-56-58-60-62-64-66-68-70-72-74-76-78-80-82-89(94)99-86-88(87-100-92(91(96)97)98-85-84-93(3,4)5)101-90(95)83-81-79-77-75-73-71-69-67-65-63-61-59-57-55-53-51-48-41-39-37-35-33-31-29-27-25-23-21-19-17-15-13-11-9-7-2/h9,11,15,17,21,23,27,29,88,92H,6-8,10,12-14,16,18-20,22,24-26,28,30-87H2,1-5H3/b11-9-,17-15-,23-21-,29-27-. The molecule has 0 aliphatic heterocycles. The highest BCUT2D eigenvalue weighted by atomic mass is 16.7. The Labute approximate surface area is 629 Å². The summed E-state index contributed by atoms with van der Waals surface area (Å²) in [5, 5.41) is 11.9. The fourth-order valence-electron chi connectivity index (χ4n) is 13.8. The second kappa shape index (κ2) is 82.9. The van der Waals surface area contributed by atoms with E-state index in [0.717, 1.165) is 64.2 Å².